The largest absolute Gasteiger partial charge is 0.481 e. The highest BCUT2D eigenvalue weighted by Crippen LogP contribution is 2.23. The van der Waals surface area contributed by atoms with Crippen molar-refractivity contribution in [2.45, 2.75) is 32.1 Å². The molecule has 132 valence electrons. The second kappa shape index (κ2) is 9.62. The van der Waals surface area contributed by atoms with Crippen LogP contribution >= 0.6 is 0 Å². The number of carbonyl (C=O) groups is 2. The molecule has 4 heteroatoms. The van der Waals surface area contributed by atoms with Crippen molar-refractivity contribution in [1.82, 2.24) is 0 Å². The first-order valence-electron chi connectivity index (χ1n) is 8.59. The fourth-order valence-corrected chi connectivity index (χ4v) is 3.00. The molecule has 0 amide bonds. The summed E-state index contributed by atoms with van der Waals surface area (Å²) in [7, 11) is 0. The molecule has 2 N–H and O–H groups in total. The fourth-order valence-electron chi connectivity index (χ4n) is 3.00. The highest BCUT2D eigenvalue weighted by atomic mass is 16.4. The number of carboxylic acids is 2. The quantitative estimate of drug-likeness (QED) is 0.684. The maximum absolute atomic E-state index is 11.6. The van der Waals surface area contributed by atoms with Gasteiger partial charge < -0.3 is 10.2 Å². The van der Waals surface area contributed by atoms with Gasteiger partial charge in [-0.1, -0.05) is 60.7 Å². The summed E-state index contributed by atoms with van der Waals surface area (Å²) in [6, 6.07) is 19.4. The molecule has 2 atom stereocenters. The molecule has 0 saturated heterocycles. The molecule has 0 fully saturated rings. The predicted octanol–water partition coefficient (Wildman–Crippen LogP) is 4.04. The van der Waals surface area contributed by atoms with Crippen molar-refractivity contribution in [3.05, 3.63) is 71.8 Å². The van der Waals surface area contributed by atoms with E-state index in [4.69, 9.17) is 0 Å². The predicted molar refractivity (Wildman–Crippen MR) is 96.4 cm³/mol. The smallest absolute Gasteiger partial charge is 0.306 e. The Balaban J connectivity index is 1.93. The van der Waals surface area contributed by atoms with Crippen LogP contribution in [0.4, 0.5) is 0 Å². The van der Waals surface area contributed by atoms with E-state index < -0.39 is 23.8 Å². The van der Waals surface area contributed by atoms with Crippen LogP contribution in [0, 0.1) is 11.8 Å². The fraction of sp³-hybridized carbons (Fsp3) is 0.333. The minimum atomic E-state index is -0.915. The summed E-state index contributed by atoms with van der Waals surface area (Å²) in [4.78, 5) is 23.1. The van der Waals surface area contributed by atoms with E-state index in [9.17, 15) is 19.8 Å². The highest BCUT2D eigenvalue weighted by molar-refractivity contribution is 5.73. The van der Waals surface area contributed by atoms with Gasteiger partial charge in [0.1, 0.15) is 0 Å². The van der Waals surface area contributed by atoms with E-state index in [1.807, 2.05) is 60.7 Å². The van der Waals surface area contributed by atoms with Gasteiger partial charge in [0.25, 0.3) is 0 Å². The van der Waals surface area contributed by atoms with Crippen LogP contribution in [0.3, 0.4) is 0 Å². The van der Waals surface area contributed by atoms with Crippen LogP contribution in [-0.2, 0) is 22.4 Å². The molecule has 4 nitrogen and oxygen atoms in total. The Bertz CT molecular complexity index is 607. The number of aliphatic carboxylic acids is 2. The van der Waals surface area contributed by atoms with Crippen LogP contribution in [0.1, 0.15) is 30.4 Å². The van der Waals surface area contributed by atoms with Gasteiger partial charge in [-0.2, -0.15) is 0 Å². The van der Waals surface area contributed by atoms with Crippen LogP contribution in [0.15, 0.2) is 60.7 Å². The minimum Gasteiger partial charge on any atom is -0.481 e. The first kappa shape index (κ1) is 18.7. The molecule has 2 rings (SSSR count). The molecule has 0 aromatic heterocycles. The van der Waals surface area contributed by atoms with Crippen molar-refractivity contribution in [3.8, 4) is 0 Å². The monoisotopic (exact) mass is 340 g/mol. The van der Waals surface area contributed by atoms with Crippen molar-refractivity contribution >= 4 is 11.9 Å². The molecule has 2 aromatic carbocycles. The Morgan fingerprint density at radius 2 is 1.04 bits per heavy atom. The van der Waals surface area contributed by atoms with Gasteiger partial charge in [-0.05, 0) is 43.2 Å². The van der Waals surface area contributed by atoms with Crippen LogP contribution in [-0.4, -0.2) is 22.2 Å². The molecule has 0 bridgehead atoms. The summed E-state index contributed by atoms with van der Waals surface area (Å²) in [6.45, 7) is 0. The summed E-state index contributed by atoms with van der Waals surface area (Å²) in [5.41, 5.74) is 2.15. The highest BCUT2D eigenvalue weighted by Gasteiger charge is 2.26. The summed E-state index contributed by atoms with van der Waals surface area (Å²) in [6.07, 6.45) is 2.36. The standard InChI is InChI=1S/C21H24O4/c22-20(23)18(13-11-16-7-3-1-4-8-16)15-19(21(24)25)14-12-17-9-5-2-6-10-17/h1-10,18-19H,11-15H2,(H,22,23)(H,24,25)/t18-,19+. The van der Waals surface area contributed by atoms with Gasteiger partial charge in [0.2, 0.25) is 0 Å². The molecule has 0 spiro atoms. The molecule has 0 aliphatic heterocycles. The van der Waals surface area contributed by atoms with Crippen LogP contribution in [0.25, 0.3) is 0 Å². The van der Waals surface area contributed by atoms with Gasteiger partial charge >= 0.3 is 11.9 Å². The Morgan fingerprint density at radius 1 is 0.680 bits per heavy atom. The third kappa shape index (κ3) is 6.42. The Labute approximate surface area is 148 Å². The maximum Gasteiger partial charge on any atom is 0.306 e. The molecular weight excluding hydrogens is 316 g/mol. The van der Waals surface area contributed by atoms with Crippen molar-refractivity contribution in [2.24, 2.45) is 11.8 Å². The van der Waals surface area contributed by atoms with Crippen molar-refractivity contribution in [3.63, 3.8) is 0 Å². The second-order valence-electron chi connectivity index (χ2n) is 6.35. The zero-order valence-electron chi connectivity index (χ0n) is 14.2. The molecule has 0 unspecified atom stereocenters. The van der Waals surface area contributed by atoms with Crippen molar-refractivity contribution in [2.75, 3.05) is 0 Å². The lowest BCUT2D eigenvalue weighted by atomic mass is 9.86. The SMILES string of the molecule is O=C(O)[C@H](CCc1ccccc1)C[C@H](CCc1ccccc1)C(=O)O. The summed E-state index contributed by atoms with van der Waals surface area (Å²) in [5, 5.41) is 18.9. The lowest BCUT2D eigenvalue weighted by molar-refractivity contribution is -0.146. The molecule has 0 radical (unpaired) electrons. The number of hydrogen-bond acceptors (Lipinski definition) is 2. The Morgan fingerprint density at radius 3 is 1.36 bits per heavy atom. The van der Waals surface area contributed by atoms with Gasteiger partial charge in [-0.25, -0.2) is 0 Å². The van der Waals surface area contributed by atoms with Crippen molar-refractivity contribution < 1.29 is 19.8 Å². The third-order valence-electron chi connectivity index (χ3n) is 4.52. The van der Waals surface area contributed by atoms with E-state index in [1.165, 1.54) is 0 Å². The van der Waals surface area contributed by atoms with E-state index in [0.717, 1.165) is 11.1 Å². The molecule has 25 heavy (non-hydrogen) atoms. The lowest BCUT2D eigenvalue weighted by Gasteiger charge is -2.18. The molecule has 0 aliphatic rings. The van der Waals surface area contributed by atoms with Crippen molar-refractivity contribution in [1.29, 1.82) is 0 Å². The maximum atomic E-state index is 11.6. The van der Waals surface area contributed by atoms with Crippen LogP contribution < -0.4 is 0 Å². The molecule has 0 heterocycles. The molecular formula is C21H24O4. The van der Waals surface area contributed by atoms with Gasteiger partial charge in [0.05, 0.1) is 11.8 Å². The summed E-state index contributed by atoms with van der Waals surface area (Å²) < 4.78 is 0. The molecule has 2 aromatic rings. The van der Waals surface area contributed by atoms with E-state index in [0.29, 0.717) is 25.7 Å². The van der Waals surface area contributed by atoms with E-state index in [-0.39, 0.29) is 6.42 Å². The average Bonchev–Trinajstić information content (AvgIpc) is 2.62. The topological polar surface area (TPSA) is 74.6 Å². The first-order valence-corrected chi connectivity index (χ1v) is 8.59. The zero-order chi connectivity index (χ0) is 18.1. The summed E-state index contributed by atoms with van der Waals surface area (Å²) in [5.74, 6) is -3.11. The third-order valence-corrected chi connectivity index (χ3v) is 4.52. The number of aryl methyl sites for hydroxylation is 2. The number of carboxylic acid groups (broad SMARTS) is 2. The molecule has 0 saturated carbocycles. The number of benzene rings is 2. The van der Waals surface area contributed by atoms with E-state index >= 15 is 0 Å². The Hall–Kier alpha value is -2.62. The molecule has 0 aliphatic carbocycles. The summed E-state index contributed by atoms with van der Waals surface area (Å²) >= 11 is 0. The van der Waals surface area contributed by atoms with E-state index in [2.05, 4.69) is 0 Å². The average molecular weight is 340 g/mol. The zero-order valence-corrected chi connectivity index (χ0v) is 14.2. The lowest BCUT2D eigenvalue weighted by Crippen LogP contribution is -2.24. The van der Waals surface area contributed by atoms with Gasteiger partial charge in [0, 0.05) is 0 Å². The second-order valence-corrected chi connectivity index (χ2v) is 6.35. The van der Waals surface area contributed by atoms with E-state index in [1.54, 1.807) is 0 Å². The van der Waals surface area contributed by atoms with Crippen LogP contribution in [0.5, 0.6) is 0 Å². The Kier molecular flexibility index (Phi) is 7.20. The van der Waals surface area contributed by atoms with Crippen LogP contribution in [0.2, 0.25) is 0 Å². The minimum absolute atomic E-state index is 0.171. The first-order chi connectivity index (χ1) is 12.1. The number of hydrogen-bond donors (Lipinski definition) is 2. The normalized spacial score (nSPS) is 13.1. The van der Waals surface area contributed by atoms with Gasteiger partial charge in [-0.15, -0.1) is 0 Å². The van der Waals surface area contributed by atoms with Gasteiger partial charge in [0.15, 0.2) is 0 Å². The van der Waals surface area contributed by atoms with Gasteiger partial charge in [-0.3, -0.25) is 9.59 Å². The number of rotatable bonds is 10.